The molecule has 1 heterocycles. The summed E-state index contributed by atoms with van der Waals surface area (Å²) in [6.45, 7) is 3.27. The van der Waals surface area contributed by atoms with Gasteiger partial charge in [-0.1, -0.05) is 88.6 Å². The molecule has 10 heteroatoms. The molecule has 5 nitrogen and oxygen atoms in total. The summed E-state index contributed by atoms with van der Waals surface area (Å²) in [6, 6.07) is 14.4. The van der Waals surface area contributed by atoms with E-state index in [1.54, 1.807) is 30.3 Å². The summed E-state index contributed by atoms with van der Waals surface area (Å²) in [5.74, 6) is -0.195. The number of hydrogen-bond donors (Lipinski definition) is 1. The predicted octanol–water partition coefficient (Wildman–Crippen LogP) is 5.61. The highest BCUT2D eigenvalue weighted by Crippen LogP contribution is 2.36. The fraction of sp³-hybridized carbons (Fsp3) is 0.190. The first-order valence-electron chi connectivity index (χ1n) is 9.00. The van der Waals surface area contributed by atoms with E-state index >= 15 is 0 Å². The molecule has 0 aliphatic carbocycles. The first-order valence-corrected chi connectivity index (χ1v) is 11.4. The summed E-state index contributed by atoms with van der Waals surface area (Å²) >= 11 is 24.2. The molecule has 2 aromatic carbocycles. The van der Waals surface area contributed by atoms with Crippen LogP contribution in [0.1, 0.15) is 18.1 Å². The summed E-state index contributed by atoms with van der Waals surface area (Å²) in [5, 5.41) is 2.44. The Labute approximate surface area is 204 Å². The van der Waals surface area contributed by atoms with Gasteiger partial charge in [-0.15, -0.1) is 0 Å². The van der Waals surface area contributed by atoms with Crippen molar-refractivity contribution in [1.82, 2.24) is 5.32 Å². The molecule has 1 saturated heterocycles. The average Bonchev–Trinajstić information content (AvgIpc) is 2.96. The van der Waals surface area contributed by atoms with Crippen LogP contribution in [0.4, 0.5) is 5.69 Å². The second-order valence-corrected chi connectivity index (χ2v) is 10.7. The Bertz CT molecular complexity index is 1040. The number of rotatable bonds is 5. The predicted molar refractivity (Wildman–Crippen MR) is 132 cm³/mol. The number of benzene rings is 2. The van der Waals surface area contributed by atoms with Crippen molar-refractivity contribution < 1.29 is 14.3 Å². The van der Waals surface area contributed by atoms with E-state index in [1.807, 2.05) is 31.2 Å². The maximum absolute atomic E-state index is 12.9. The van der Waals surface area contributed by atoms with Gasteiger partial charge in [0.15, 0.2) is 4.32 Å². The van der Waals surface area contributed by atoms with Gasteiger partial charge in [0.25, 0.3) is 5.91 Å². The second kappa shape index (κ2) is 9.79. The van der Waals surface area contributed by atoms with E-state index in [-0.39, 0.29) is 5.91 Å². The third kappa shape index (κ3) is 6.14. The minimum atomic E-state index is -1.85. The van der Waals surface area contributed by atoms with Gasteiger partial charge in [0.2, 0.25) is 15.9 Å². The van der Waals surface area contributed by atoms with Gasteiger partial charge < -0.3 is 10.1 Å². The molecule has 0 radical (unpaired) electrons. The van der Waals surface area contributed by atoms with E-state index < -0.39 is 15.9 Å². The largest absolute Gasteiger partial charge is 0.466 e. The molecule has 0 saturated carbocycles. The van der Waals surface area contributed by atoms with Crippen molar-refractivity contribution in [3.8, 4) is 5.75 Å². The van der Waals surface area contributed by atoms with Gasteiger partial charge in [-0.05, 0) is 42.8 Å². The molecule has 1 fully saturated rings. The Balaban J connectivity index is 1.75. The van der Waals surface area contributed by atoms with Crippen molar-refractivity contribution in [3.63, 3.8) is 0 Å². The first-order chi connectivity index (χ1) is 14.5. The minimum absolute atomic E-state index is 0.180. The molecule has 0 spiro atoms. The van der Waals surface area contributed by atoms with Crippen LogP contribution in [-0.4, -0.2) is 26.2 Å². The monoisotopic (exact) mass is 514 g/mol. The van der Waals surface area contributed by atoms with Crippen molar-refractivity contribution in [1.29, 1.82) is 0 Å². The Morgan fingerprint density at radius 2 is 1.77 bits per heavy atom. The number of thiocarbonyl (C=S) groups is 1. The topological polar surface area (TPSA) is 58.6 Å². The zero-order valence-corrected chi connectivity index (χ0v) is 20.3. The SMILES string of the molecule is CC(=O)N[C@@H](Oc1ccc(/C=C2\SC(=S)N(c3ccc(C)cc3)C2=O)cc1)C(Cl)(Cl)Cl. The molecule has 1 aliphatic rings. The summed E-state index contributed by atoms with van der Waals surface area (Å²) in [7, 11) is 0. The number of aryl methyl sites for hydroxylation is 1. The molecule has 2 amide bonds. The Morgan fingerprint density at radius 1 is 1.16 bits per heavy atom. The highest BCUT2D eigenvalue weighted by Gasteiger charge is 2.36. The van der Waals surface area contributed by atoms with Gasteiger partial charge in [-0.25, -0.2) is 0 Å². The van der Waals surface area contributed by atoms with Crippen LogP contribution in [0.25, 0.3) is 6.08 Å². The van der Waals surface area contributed by atoms with Crippen LogP contribution < -0.4 is 15.0 Å². The molecule has 2 aromatic rings. The maximum Gasteiger partial charge on any atom is 0.270 e. The van der Waals surface area contributed by atoms with E-state index in [0.29, 0.717) is 15.0 Å². The molecule has 3 rings (SSSR count). The fourth-order valence-corrected chi connectivity index (χ4v) is 4.27. The number of carbonyl (C=O) groups excluding carboxylic acids is 2. The fourth-order valence-electron chi connectivity index (χ4n) is 2.68. The van der Waals surface area contributed by atoms with Crippen LogP contribution in [0.5, 0.6) is 5.75 Å². The Hall–Kier alpha value is -1.77. The molecule has 1 N–H and O–H groups in total. The van der Waals surface area contributed by atoms with Crippen LogP contribution in [0, 0.1) is 6.92 Å². The summed E-state index contributed by atoms with van der Waals surface area (Å²) in [4.78, 5) is 26.2. The smallest absolute Gasteiger partial charge is 0.270 e. The molecule has 0 bridgehead atoms. The van der Waals surface area contributed by atoms with Crippen LogP contribution in [0.3, 0.4) is 0 Å². The van der Waals surface area contributed by atoms with Gasteiger partial charge in [0.05, 0.1) is 10.6 Å². The lowest BCUT2D eigenvalue weighted by molar-refractivity contribution is -0.121. The Morgan fingerprint density at radius 3 is 2.32 bits per heavy atom. The zero-order chi connectivity index (χ0) is 22.8. The molecule has 162 valence electrons. The first kappa shape index (κ1) is 23.9. The number of anilines is 1. The average molecular weight is 516 g/mol. The zero-order valence-electron chi connectivity index (χ0n) is 16.4. The number of hydrogen-bond acceptors (Lipinski definition) is 5. The number of nitrogens with one attached hydrogen (secondary N) is 1. The second-order valence-electron chi connectivity index (χ2n) is 6.66. The third-order valence-corrected chi connectivity index (χ3v) is 6.05. The molecule has 1 aliphatic heterocycles. The number of thioether (sulfide) groups is 1. The number of amides is 2. The molecule has 0 unspecified atom stereocenters. The van der Waals surface area contributed by atoms with Crippen LogP contribution in [0.15, 0.2) is 53.4 Å². The Kier molecular flexibility index (Phi) is 7.55. The standard InChI is InChI=1S/C21H17Cl3N2O3S2/c1-12-3-7-15(8-4-12)26-18(28)17(31-20(26)30)11-14-5-9-16(10-6-14)29-19(21(22,23)24)25-13(2)27/h3-11,19H,1-2H3,(H,25,27)/b17-11-/t19-/m0/s1. The molecular formula is C21H17Cl3N2O3S2. The van der Waals surface area contributed by atoms with E-state index in [4.69, 9.17) is 51.8 Å². The number of nitrogens with zero attached hydrogens (tertiary/aromatic N) is 1. The maximum atomic E-state index is 12.9. The summed E-state index contributed by atoms with van der Waals surface area (Å²) in [5.41, 5.74) is 2.60. The summed E-state index contributed by atoms with van der Waals surface area (Å²) in [6.07, 6.45) is 0.587. The van der Waals surface area contributed by atoms with Crippen molar-refractivity contribution in [3.05, 3.63) is 64.6 Å². The van der Waals surface area contributed by atoms with Gasteiger partial charge in [0, 0.05) is 6.92 Å². The minimum Gasteiger partial charge on any atom is -0.466 e. The van der Waals surface area contributed by atoms with Crippen molar-refractivity contribution in [2.75, 3.05) is 4.90 Å². The highest BCUT2D eigenvalue weighted by molar-refractivity contribution is 8.27. The van der Waals surface area contributed by atoms with Crippen molar-refractivity contribution >= 4 is 86.7 Å². The third-order valence-electron chi connectivity index (χ3n) is 4.15. The van der Waals surface area contributed by atoms with Crippen molar-refractivity contribution in [2.24, 2.45) is 0 Å². The van der Waals surface area contributed by atoms with Gasteiger partial charge in [0.1, 0.15) is 5.75 Å². The van der Waals surface area contributed by atoms with Crippen molar-refractivity contribution in [2.45, 2.75) is 23.9 Å². The van der Waals surface area contributed by atoms with Gasteiger partial charge in [-0.2, -0.15) is 0 Å². The lowest BCUT2D eigenvalue weighted by atomic mass is 10.2. The lowest BCUT2D eigenvalue weighted by Crippen LogP contribution is -2.47. The van der Waals surface area contributed by atoms with Gasteiger partial charge in [-0.3, -0.25) is 14.5 Å². The quantitative estimate of drug-likeness (QED) is 0.243. The van der Waals surface area contributed by atoms with Crippen LogP contribution in [-0.2, 0) is 9.59 Å². The number of carbonyl (C=O) groups is 2. The molecule has 1 atom stereocenters. The lowest BCUT2D eigenvalue weighted by Gasteiger charge is -2.25. The van der Waals surface area contributed by atoms with E-state index in [1.165, 1.54) is 23.6 Å². The molecule has 31 heavy (non-hydrogen) atoms. The number of halogens is 3. The number of ether oxygens (including phenoxy) is 1. The highest BCUT2D eigenvalue weighted by atomic mass is 35.6. The molecular weight excluding hydrogens is 499 g/mol. The van der Waals surface area contributed by atoms with E-state index in [0.717, 1.165) is 16.8 Å². The molecule has 0 aromatic heterocycles. The van der Waals surface area contributed by atoms with Crippen LogP contribution >= 0.6 is 58.8 Å². The van der Waals surface area contributed by atoms with Gasteiger partial charge >= 0.3 is 0 Å². The number of alkyl halides is 3. The normalized spacial score (nSPS) is 16.5. The van der Waals surface area contributed by atoms with E-state index in [2.05, 4.69) is 5.32 Å². The van der Waals surface area contributed by atoms with E-state index in [9.17, 15) is 9.59 Å². The summed E-state index contributed by atoms with van der Waals surface area (Å²) < 4.78 is 4.21. The van der Waals surface area contributed by atoms with Crippen LogP contribution in [0.2, 0.25) is 0 Å².